The van der Waals surface area contributed by atoms with Crippen molar-refractivity contribution in [3.63, 3.8) is 0 Å². The lowest BCUT2D eigenvalue weighted by Crippen LogP contribution is -3.16. The lowest BCUT2D eigenvalue weighted by Gasteiger charge is -2.25. The van der Waals surface area contributed by atoms with Crippen LogP contribution < -0.4 is 10.2 Å². The van der Waals surface area contributed by atoms with Crippen molar-refractivity contribution in [1.82, 2.24) is 0 Å². The van der Waals surface area contributed by atoms with Crippen LogP contribution in [0.3, 0.4) is 0 Å². The van der Waals surface area contributed by atoms with Crippen LogP contribution in [-0.4, -0.2) is 22.9 Å². The Bertz CT molecular complexity index is 844. The van der Waals surface area contributed by atoms with Crippen LogP contribution in [0, 0.1) is 10.1 Å². The minimum Gasteiger partial charge on any atom is -0.319 e. The minimum atomic E-state index is -0.470. The number of benzene rings is 2. The number of rotatable bonds is 8. The van der Waals surface area contributed by atoms with Gasteiger partial charge in [0.25, 0.3) is 11.6 Å². The van der Waals surface area contributed by atoms with Crippen LogP contribution in [0.5, 0.6) is 0 Å². The maximum Gasteiger partial charge on any atom is 0.292 e. The van der Waals surface area contributed by atoms with Crippen molar-refractivity contribution in [3.8, 4) is 0 Å². The van der Waals surface area contributed by atoms with Gasteiger partial charge in [0.15, 0.2) is 6.04 Å². The molecule has 2 aromatic carbocycles. The lowest BCUT2D eigenvalue weighted by atomic mass is 10.0. The van der Waals surface area contributed by atoms with Gasteiger partial charge in [-0.05, 0) is 24.5 Å². The number of carbonyl (C=O) groups is 1. The smallest absolute Gasteiger partial charge is 0.292 e. The van der Waals surface area contributed by atoms with E-state index in [1.807, 2.05) is 6.92 Å². The molecule has 0 aliphatic heterocycles. The number of nitrogens with zero attached hydrogens (tertiary/aromatic N) is 1. The van der Waals surface area contributed by atoms with Crippen molar-refractivity contribution < 1.29 is 14.6 Å². The number of hydrogen-bond acceptors (Lipinski definition) is 3. The van der Waals surface area contributed by atoms with E-state index in [2.05, 4.69) is 43.4 Å². The number of hydrogen-bond donors (Lipinski definition) is 2. The molecule has 1 aliphatic carbocycles. The van der Waals surface area contributed by atoms with E-state index in [1.165, 1.54) is 22.1 Å². The maximum atomic E-state index is 12.8. The maximum absolute atomic E-state index is 12.8. The molecule has 2 atom stereocenters. The SMILES string of the molecule is CC(C)c1ccc(C[NH+](C2CC2)[C@@H](C)C(=O)Nc2ccccc2[N+](=O)[O-])cc1. The fraction of sp³-hybridized carbons (Fsp3) is 0.409. The number of quaternary nitrogens is 1. The number of anilines is 1. The van der Waals surface area contributed by atoms with E-state index in [0.717, 1.165) is 19.4 Å². The van der Waals surface area contributed by atoms with Gasteiger partial charge in [-0.3, -0.25) is 14.9 Å². The highest BCUT2D eigenvalue weighted by Gasteiger charge is 2.39. The Kier molecular flexibility index (Phi) is 6.09. The molecule has 0 radical (unpaired) electrons. The summed E-state index contributed by atoms with van der Waals surface area (Å²) in [6.45, 7) is 7.02. The van der Waals surface area contributed by atoms with Crippen molar-refractivity contribution in [3.05, 3.63) is 69.8 Å². The molecule has 1 unspecified atom stereocenters. The van der Waals surface area contributed by atoms with Crippen molar-refractivity contribution in [1.29, 1.82) is 0 Å². The van der Waals surface area contributed by atoms with Crippen molar-refractivity contribution in [2.75, 3.05) is 5.32 Å². The second-order valence-corrected chi connectivity index (χ2v) is 7.91. The van der Waals surface area contributed by atoms with E-state index in [1.54, 1.807) is 18.2 Å². The number of nitro groups is 1. The Balaban J connectivity index is 1.72. The molecular formula is C22H28N3O3+. The molecular weight excluding hydrogens is 354 g/mol. The fourth-order valence-corrected chi connectivity index (χ4v) is 3.51. The minimum absolute atomic E-state index is 0.0831. The summed E-state index contributed by atoms with van der Waals surface area (Å²) in [4.78, 5) is 24.8. The first-order valence-corrected chi connectivity index (χ1v) is 9.85. The third-order valence-electron chi connectivity index (χ3n) is 5.46. The Hall–Kier alpha value is -2.73. The number of para-hydroxylation sites is 2. The van der Waals surface area contributed by atoms with Crippen molar-refractivity contribution >= 4 is 17.3 Å². The quantitative estimate of drug-likeness (QED) is 0.543. The molecule has 3 rings (SSSR count). The molecule has 1 fully saturated rings. The largest absolute Gasteiger partial charge is 0.319 e. The molecule has 0 spiro atoms. The summed E-state index contributed by atoms with van der Waals surface area (Å²) in [6.07, 6.45) is 2.23. The van der Waals surface area contributed by atoms with E-state index < -0.39 is 4.92 Å². The highest BCUT2D eigenvalue weighted by atomic mass is 16.6. The second kappa shape index (κ2) is 8.52. The Morgan fingerprint density at radius 2 is 1.79 bits per heavy atom. The lowest BCUT2D eigenvalue weighted by molar-refractivity contribution is -0.938. The van der Waals surface area contributed by atoms with Gasteiger partial charge in [0, 0.05) is 24.5 Å². The molecule has 2 aromatic rings. The normalized spacial score (nSPS) is 15.9. The number of amides is 1. The third kappa shape index (κ3) is 4.75. The standard InChI is InChI=1S/C22H27N3O3/c1-15(2)18-10-8-17(9-11-18)14-24(19-12-13-19)16(3)22(26)23-20-6-4-5-7-21(20)25(27)28/h4-11,15-16,19H,12-14H2,1-3H3,(H,23,26)/p+1/t16-/m0/s1. The predicted octanol–water partition coefficient (Wildman–Crippen LogP) is 3.29. The van der Waals surface area contributed by atoms with Crippen LogP contribution in [0.1, 0.15) is 50.7 Å². The first-order chi connectivity index (χ1) is 13.4. The molecule has 1 saturated carbocycles. The summed E-state index contributed by atoms with van der Waals surface area (Å²) < 4.78 is 0. The summed E-state index contributed by atoms with van der Waals surface area (Å²) in [5, 5.41) is 14.0. The van der Waals surface area contributed by atoms with Gasteiger partial charge < -0.3 is 10.2 Å². The van der Waals surface area contributed by atoms with Gasteiger partial charge in [-0.15, -0.1) is 0 Å². The van der Waals surface area contributed by atoms with Gasteiger partial charge in [-0.2, -0.15) is 0 Å². The van der Waals surface area contributed by atoms with E-state index in [4.69, 9.17) is 0 Å². The summed E-state index contributed by atoms with van der Waals surface area (Å²) in [5.41, 5.74) is 2.68. The van der Waals surface area contributed by atoms with Gasteiger partial charge in [-0.25, -0.2) is 0 Å². The van der Waals surface area contributed by atoms with Gasteiger partial charge >= 0.3 is 0 Å². The average Bonchev–Trinajstić information content (AvgIpc) is 3.51. The number of nitro benzene ring substituents is 1. The molecule has 1 aliphatic rings. The van der Waals surface area contributed by atoms with Crippen LogP contribution in [0.25, 0.3) is 0 Å². The molecule has 0 bridgehead atoms. The highest BCUT2D eigenvalue weighted by Crippen LogP contribution is 2.23. The van der Waals surface area contributed by atoms with E-state index in [9.17, 15) is 14.9 Å². The van der Waals surface area contributed by atoms with Crippen LogP contribution in [0.4, 0.5) is 11.4 Å². The van der Waals surface area contributed by atoms with Crippen LogP contribution >= 0.6 is 0 Å². The molecule has 2 N–H and O–H groups in total. The van der Waals surface area contributed by atoms with Gasteiger partial charge in [0.05, 0.1) is 11.0 Å². The second-order valence-electron chi connectivity index (χ2n) is 7.91. The molecule has 6 heteroatoms. The Morgan fingerprint density at radius 3 is 2.36 bits per heavy atom. The first kappa shape index (κ1) is 20.0. The molecule has 0 aromatic heterocycles. The summed E-state index contributed by atoms with van der Waals surface area (Å²) in [6, 6.07) is 15.0. The number of nitrogens with one attached hydrogen (secondary N) is 2. The van der Waals surface area contributed by atoms with E-state index >= 15 is 0 Å². The van der Waals surface area contributed by atoms with Gasteiger partial charge in [-0.1, -0.05) is 50.2 Å². The van der Waals surface area contributed by atoms with Crippen LogP contribution in [-0.2, 0) is 11.3 Å². The van der Waals surface area contributed by atoms with Crippen LogP contribution in [0.15, 0.2) is 48.5 Å². The summed E-state index contributed by atoms with van der Waals surface area (Å²) in [7, 11) is 0. The molecule has 6 nitrogen and oxygen atoms in total. The Labute approximate surface area is 165 Å². The fourth-order valence-electron chi connectivity index (χ4n) is 3.51. The molecule has 0 saturated heterocycles. The summed E-state index contributed by atoms with van der Waals surface area (Å²) >= 11 is 0. The first-order valence-electron chi connectivity index (χ1n) is 9.85. The summed E-state index contributed by atoms with van der Waals surface area (Å²) in [5.74, 6) is 0.308. The zero-order valence-corrected chi connectivity index (χ0v) is 16.6. The molecule has 1 amide bonds. The molecule has 0 heterocycles. The predicted molar refractivity (Wildman–Crippen MR) is 109 cm³/mol. The highest BCUT2D eigenvalue weighted by molar-refractivity contribution is 5.95. The van der Waals surface area contributed by atoms with Gasteiger partial charge in [0.1, 0.15) is 12.2 Å². The average molecular weight is 382 g/mol. The number of carbonyl (C=O) groups excluding carboxylic acids is 1. The van der Waals surface area contributed by atoms with Crippen molar-refractivity contribution in [2.24, 2.45) is 0 Å². The van der Waals surface area contributed by atoms with E-state index in [0.29, 0.717) is 12.0 Å². The van der Waals surface area contributed by atoms with E-state index in [-0.39, 0.29) is 23.3 Å². The molecule has 148 valence electrons. The Morgan fingerprint density at radius 1 is 1.14 bits per heavy atom. The van der Waals surface area contributed by atoms with Crippen LogP contribution in [0.2, 0.25) is 0 Å². The topological polar surface area (TPSA) is 76.7 Å². The zero-order valence-electron chi connectivity index (χ0n) is 16.6. The monoisotopic (exact) mass is 382 g/mol. The third-order valence-corrected chi connectivity index (χ3v) is 5.46. The molecule has 28 heavy (non-hydrogen) atoms. The van der Waals surface area contributed by atoms with Crippen molar-refractivity contribution in [2.45, 2.75) is 58.2 Å². The zero-order chi connectivity index (χ0) is 20.3. The van der Waals surface area contributed by atoms with Gasteiger partial charge in [0.2, 0.25) is 0 Å².